The third-order valence-electron chi connectivity index (χ3n) is 2.17. The van der Waals surface area contributed by atoms with Crippen molar-refractivity contribution < 1.29 is 9.53 Å². The fourth-order valence-electron chi connectivity index (χ4n) is 1.46. The van der Waals surface area contributed by atoms with Crippen LogP contribution >= 0.6 is 0 Å². The molecule has 2 aliphatic heterocycles. The first-order chi connectivity index (χ1) is 4.88. The minimum absolute atomic E-state index is 0.313. The molecule has 0 aromatic heterocycles. The zero-order valence-electron chi connectivity index (χ0n) is 5.88. The second kappa shape index (κ2) is 2.23. The Morgan fingerprint density at radius 2 is 2.30 bits per heavy atom. The molecule has 0 aromatic carbocycles. The molecule has 3 nitrogen and oxygen atoms in total. The summed E-state index contributed by atoms with van der Waals surface area (Å²) < 4.78 is 5.00. The van der Waals surface area contributed by atoms with Gasteiger partial charge in [0.2, 0.25) is 5.91 Å². The van der Waals surface area contributed by atoms with Crippen molar-refractivity contribution in [3.8, 4) is 0 Å². The topological polar surface area (TPSA) is 29.5 Å². The Hall–Kier alpha value is -0.570. The number of hydrogen-bond donors (Lipinski definition) is 0. The maximum Gasteiger partial charge on any atom is 0.223 e. The molecule has 1 amide bonds. The second-order valence-corrected chi connectivity index (χ2v) is 2.88. The van der Waals surface area contributed by atoms with Crippen LogP contribution in [0, 0.1) is 0 Å². The summed E-state index contributed by atoms with van der Waals surface area (Å²) in [5.74, 6) is 0.313. The van der Waals surface area contributed by atoms with Crippen LogP contribution in [0.25, 0.3) is 0 Å². The van der Waals surface area contributed by atoms with Crippen molar-refractivity contribution in [2.45, 2.75) is 18.9 Å². The lowest BCUT2D eigenvalue weighted by atomic mass is 10.2. The summed E-state index contributed by atoms with van der Waals surface area (Å²) in [4.78, 5) is 13.0. The highest BCUT2D eigenvalue weighted by atomic mass is 16.5. The Morgan fingerprint density at radius 3 is 2.70 bits per heavy atom. The van der Waals surface area contributed by atoms with Gasteiger partial charge in [0.1, 0.15) is 0 Å². The molecule has 0 saturated carbocycles. The van der Waals surface area contributed by atoms with Crippen molar-refractivity contribution >= 4 is 5.91 Å². The maximum absolute atomic E-state index is 11.1. The van der Waals surface area contributed by atoms with Gasteiger partial charge in [0.05, 0.1) is 19.3 Å². The predicted molar refractivity (Wildman–Crippen MR) is 35.6 cm³/mol. The number of carbonyl (C=O) groups is 1. The fraction of sp³-hybridized carbons (Fsp3) is 0.857. The zero-order valence-corrected chi connectivity index (χ0v) is 5.88. The molecule has 0 bridgehead atoms. The smallest absolute Gasteiger partial charge is 0.223 e. The maximum atomic E-state index is 11.1. The molecule has 2 rings (SSSR count). The second-order valence-electron chi connectivity index (χ2n) is 2.88. The van der Waals surface area contributed by atoms with Gasteiger partial charge in [-0.1, -0.05) is 0 Å². The monoisotopic (exact) mass is 141 g/mol. The van der Waals surface area contributed by atoms with E-state index in [1.165, 1.54) is 0 Å². The van der Waals surface area contributed by atoms with Gasteiger partial charge >= 0.3 is 0 Å². The molecule has 3 heteroatoms. The van der Waals surface area contributed by atoms with E-state index in [0.717, 1.165) is 32.6 Å². The first-order valence-corrected chi connectivity index (χ1v) is 3.75. The van der Waals surface area contributed by atoms with Crippen LogP contribution in [0.5, 0.6) is 0 Å². The summed E-state index contributed by atoms with van der Waals surface area (Å²) in [5, 5.41) is 0. The number of nitrogens with zero attached hydrogens (tertiary/aromatic N) is 1. The van der Waals surface area contributed by atoms with Gasteiger partial charge in [0, 0.05) is 13.0 Å². The zero-order chi connectivity index (χ0) is 6.97. The van der Waals surface area contributed by atoms with Gasteiger partial charge in [-0.15, -0.1) is 0 Å². The minimum atomic E-state index is 0.313. The molecule has 0 aliphatic carbocycles. The van der Waals surface area contributed by atoms with Crippen LogP contribution in [0.2, 0.25) is 0 Å². The first kappa shape index (κ1) is 6.16. The van der Waals surface area contributed by atoms with Gasteiger partial charge in [-0.25, -0.2) is 0 Å². The van der Waals surface area contributed by atoms with Crippen LogP contribution in [-0.4, -0.2) is 36.6 Å². The summed E-state index contributed by atoms with van der Waals surface area (Å²) in [6.45, 7) is 2.46. The number of hydrogen-bond acceptors (Lipinski definition) is 2. The summed E-state index contributed by atoms with van der Waals surface area (Å²) in [5.41, 5.74) is 0. The van der Waals surface area contributed by atoms with Crippen LogP contribution in [0.3, 0.4) is 0 Å². The van der Waals surface area contributed by atoms with E-state index in [9.17, 15) is 4.79 Å². The molecule has 0 radical (unpaired) electrons. The van der Waals surface area contributed by atoms with E-state index in [1.807, 2.05) is 4.90 Å². The van der Waals surface area contributed by atoms with E-state index in [1.54, 1.807) is 0 Å². The van der Waals surface area contributed by atoms with E-state index < -0.39 is 0 Å². The molecular weight excluding hydrogens is 130 g/mol. The van der Waals surface area contributed by atoms with E-state index in [2.05, 4.69) is 0 Å². The summed E-state index contributed by atoms with van der Waals surface area (Å²) in [6.07, 6.45) is 1.78. The molecule has 0 N–H and O–H groups in total. The standard InChI is InChI=1S/C7H11NO2/c9-7-2-1-3-8(7)6-4-10-5-6/h6H,1-5H2. The summed E-state index contributed by atoms with van der Waals surface area (Å²) in [6, 6.07) is 0.412. The van der Waals surface area contributed by atoms with Crippen molar-refractivity contribution in [3.63, 3.8) is 0 Å². The first-order valence-electron chi connectivity index (χ1n) is 3.75. The van der Waals surface area contributed by atoms with Crippen molar-refractivity contribution in [1.82, 2.24) is 4.90 Å². The average molecular weight is 141 g/mol. The molecular formula is C7H11NO2. The number of rotatable bonds is 1. The highest BCUT2D eigenvalue weighted by Crippen LogP contribution is 2.18. The Morgan fingerprint density at radius 1 is 1.50 bits per heavy atom. The average Bonchev–Trinajstić information content (AvgIpc) is 2.12. The van der Waals surface area contributed by atoms with Gasteiger partial charge in [0.15, 0.2) is 0 Å². The molecule has 0 spiro atoms. The Labute approximate surface area is 60.0 Å². The van der Waals surface area contributed by atoms with Gasteiger partial charge in [-0.05, 0) is 6.42 Å². The Balaban J connectivity index is 1.96. The predicted octanol–water partition coefficient (Wildman–Crippen LogP) is 0.00760. The normalized spacial score (nSPS) is 27.2. The number of carbonyl (C=O) groups excluding carboxylic acids is 1. The van der Waals surface area contributed by atoms with Crippen LogP contribution in [0.4, 0.5) is 0 Å². The van der Waals surface area contributed by atoms with Crippen LogP contribution in [0.15, 0.2) is 0 Å². The van der Waals surface area contributed by atoms with Crippen molar-refractivity contribution in [3.05, 3.63) is 0 Å². The van der Waals surface area contributed by atoms with Crippen LogP contribution in [-0.2, 0) is 9.53 Å². The summed E-state index contributed by atoms with van der Waals surface area (Å²) in [7, 11) is 0. The molecule has 2 saturated heterocycles. The highest BCUT2D eigenvalue weighted by Gasteiger charge is 2.32. The van der Waals surface area contributed by atoms with Crippen molar-refractivity contribution in [1.29, 1.82) is 0 Å². The van der Waals surface area contributed by atoms with Gasteiger partial charge in [-0.3, -0.25) is 4.79 Å². The SMILES string of the molecule is O=C1CCCN1C1COC1. The Kier molecular flexibility index (Phi) is 1.38. The largest absolute Gasteiger partial charge is 0.377 e. The van der Waals surface area contributed by atoms with Gasteiger partial charge in [-0.2, -0.15) is 0 Å². The lowest BCUT2D eigenvalue weighted by Gasteiger charge is -2.34. The molecule has 10 heavy (non-hydrogen) atoms. The highest BCUT2D eigenvalue weighted by molar-refractivity contribution is 5.78. The fourth-order valence-corrected chi connectivity index (χ4v) is 1.46. The number of ether oxygens (including phenoxy) is 1. The minimum Gasteiger partial charge on any atom is -0.377 e. The number of amides is 1. The van der Waals surface area contributed by atoms with E-state index >= 15 is 0 Å². The quantitative estimate of drug-likeness (QED) is 0.514. The van der Waals surface area contributed by atoms with Crippen LogP contribution in [0.1, 0.15) is 12.8 Å². The van der Waals surface area contributed by atoms with Crippen molar-refractivity contribution in [2.24, 2.45) is 0 Å². The summed E-state index contributed by atoms with van der Waals surface area (Å²) >= 11 is 0. The van der Waals surface area contributed by atoms with Crippen molar-refractivity contribution in [2.75, 3.05) is 19.8 Å². The molecule has 0 unspecified atom stereocenters. The van der Waals surface area contributed by atoms with Gasteiger partial charge < -0.3 is 9.64 Å². The van der Waals surface area contributed by atoms with Gasteiger partial charge in [0.25, 0.3) is 0 Å². The lowest BCUT2D eigenvalue weighted by molar-refractivity contribution is -0.139. The number of likely N-dealkylation sites (tertiary alicyclic amines) is 1. The van der Waals surface area contributed by atoms with E-state index in [-0.39, 0.29) is 0 Å². The molecule has 2 heterocycles. The van der Waals surface area contributed by atoms with Crippen LogP contribution < -0.4 is 0 Å². The molecule has 0 atom stereocenters. The van der Waals surface area contributed by atoms with E-state index in [4.69, 9.17) is 4.74 Å². The molecule has 2 aliphatic rings. The lowest BCUT2D eigenvalue weighted by Crippen LogP contribution is -2.49. The Bertz CT molecular complexity index is 154. The molecule has 2 fully saturated rings. The van der Waals surface area contributed by atoms with E-state index in [0.29, 0.717) is 11.9 Å². The molecule has 0 aromatic rings. The molecule has 56 valence electrons. The third kappa shape index (κ3) is 0.814. The third-order valence-corrected chi connectivity index (χ3v) is 2.17.